The third-order valence-corrected chi connectivity index (χ3v) is 4.51. The Morgan fingerprint density at radius 3 is 2.63 bits per heavy atom. The molecule has 0 bridgehead atoms. The fraction of sp³-hybridized carbons (Fsp3) is 0.500. The summed E-state index contributed by atoms with van der Waals surface area (Å²) in [7, 11) is 0. The predicted molar refractivity (Wildman–Crippen MR) is 84.3 cm³/mol. The van der Waals surface area contributed by atoms with Crippen LogP contribution in [0, 0.1) is 9.49 Å². The molecule has 0 aliphatic carbocycles. The van der Waals surface area contributed by atoms with Crippen LogP contribution < -0.4 is 5.32 Å². The molecule has 102 valence electrons. The maximum atomic E-state index is 12.1. The van der Waals surface area contributed by atoms with E-state index in [1.54, 1.807) is 0 Å². The zero-order valence-corrected chi connectivity index (χ0v) is 13.8. The molecule has 0 saturated carbocycles. The molecule has 0 aromatic carbocycles. The largest absolute Gasteiger partial charge is 0.307 e. The molecule has 1 N–H and O–H groups in total. The minimum absolute atomic E-state index is 0.0466. The first-order valence-electron chi connectivity index (χ1n) is 6.44. The molecule has 0 radical (unpaired) electrons. The van der Waals surface area contributed by atoms with E-state index in [1.165, 1.54) is 5.56 Å². The van der Waals surface area contributed by atoms with Crippen LogP contribution in [0.4, 0.5) is 0 Å². The van der Waals surface area contributed by atoms with Gasteiger partial charge in [0.1, 0.15) is 11.2 Å². The third kappa shape index (κ3) is 2.52. The lowest BCUT2D eigenvalue weighted by molar-refractivity contribution is -0.124. The van der Waals surface area contributed by atoms with E-state index in [0.29, 0.717) is 5.84 Å². The number of nitrogens with zero attached hydrogens (tertiary/aromatic N) is 2. The molecule has 1 aliphatic rings. The fourth-order valence-electron chi connectivity index (χ4n) is 1.89. The van der Waals surface area contributed by atoms with Gasteiger partial charge in [-0.3, -0.25) is 9.78 Å². The maximum Gasteiger partial charge on any atom is 0.253 e. The first kappa shape index (κ1) is 14.4. The van der Waals surface area contributed by atoms with Gasteiger partial charge in [0.25, 0.3) is 5.91 Å². The summed E-state index contributed by atoms with van der Waals surface area (Å²) in [5.74, 6) is 0.695. The summed E-state index contributed by atoms with van der Waals surface area (Å²) >= 11 is 2.24. The molecule has 19 heavy (non-hydrogen) atoms. The monoisotopic (exact) mass is 371 g/mol. The predicted octanol–water partition coefficient (Wildman–Crippen LogP) is 2.54. The van der Waals surface area contributed by atoms with Gasteiger partial charge in [-0.2, -0.15) is 0 Å². The Bertz CT molecular complexity index is 554. The van der Waals surface area contributed by atoms with E-state index in [0.717, 1.165) is 15.7 Å². The van der Waals surface area contributed by atoms with Gasteiger partial charge in [-0.15, -0.1) is 0 Å². The topological polar surface area (TPSA) is 54.4 Å². The molecular weight excluding hydrogens is 353 g/mol. The smallest absolute Gasteiger partial charge is 0.253 e. The van der Waals surface area contributed by atoms with Crippen molar-refractivity contribution in [2.24, 2.45) is 10.9 Å². The highest BCUT2D eigenvalue weighted by Gasteiger charge is 2.42. The van der Waals surface area contributed by atoms with Gasteiger partial charge in [0, 0.05) is 9.77 Å². The van der Waals surface area contributed by atoms with E-state index in [2.05, 4.69) is 50.9 Å². The zero-order chi connectivity index (χ0) is 14.2. The lowest BCUT2D eigenvalue weighted by Gasteiger charge is -2.21. The number of rotatable bonds is 3. The minimum atomic E-state index is -0.691. The average Bonchev–Trinajstić information content (AvgIpc) is 2.66. The van der Waals surface area contributed by atoms with Crippen molar-refractivity contribution < 1.29 is 4.79 Å². The standard InChI is InChI=1S/C14H18IN3O/c1-5-9-6-10(15)11(16-7-9)12-17-13(19)14(4,18-12)8(2)3/h6-8H,5H2,1-4H3,(H,17,18,19). The molecule has 0 saturated heterocycles. The van der Waals surface area contributed by atoms with Crippen molar-refractivity contribution in [2.75, 3.05) is 0 Å². The highest BCUT2D eigenvalue weighted by Crippen LogP contribution is 2.27. The highest BCUT2D eigenvalue weighted by molar-refractivity contribution is 14.1. The maximum absolute atomic E-state index is 12.1. The molecule has 0 spiro atoms. The Hall–Kier alpha value is -0.980. The molecule has 4 nitrogen and oxygen atoms in total. The second kappa shape index (κ2) is 5.19. The van der Waals surface area contributed by atoms with E-state index >= 15 is 0 Å². The van der Waals surface area contributed by atoms with Crippen LogP contribution in [-0.4, -0.2) is 22.3 Å². The molecule has 1 aliphatic heterocycles. The molecule has 1 amide bonds. The van der Waals surface area contributed by atoms with Crippen molar-refractivity contribution >= 4 is 34.3 Å². The third-order valence-electron chi connectivity index (χ3n) is 3.69. The number of hydrogen-bond donors (Lipinski definition) is 1. The van der Waals surface area contributed by atoms with Crippen LogP contribution >= 0.6 is 22.6 Å². The number of amides is 1. The molecule has 1 aromatic rings. The molecular formula is C14H18IN3O. The Labute approximate surface area is 127 Å². The van der Waals surface area contributed by atoms with Crippen molar-refractivity contribution in [1.29, 1.82) is 0 Å². The Balaban J connectivity index is 2.42. The summed E-state index contributed by atoms with van der Waals surface area (Å²) in [6.45, 7) is 7.97. The average molecular weight is 371 g/mol. The van der Waals surface area contributed by atoms with E-state index < -0.39 is 5.54 Å². The number of nitrogens with one attached hydrogen (secondary N) is 1. The molecule has 1 aromatic heterocycles. The lowest BCUT2D eigenvalue weighted by atomic mass is 9.89. The summed E-state index contributed by atoms with van der Waals surface area (Å²) in [5, 5.41) is 2.86. The highest BCUT2D eigenvalue weighted by atomic mass is 127. The number of aromatic nitrogens is 1. The van der Waals surface area contributed by atoms with Crippen LogP contribution in [0.15, 0.2) is 17.3 Å². The molecule has 5 heteroatoms. The van der Waals surface area contributed by atoms with Gasteiger partial charge in [0.05, 0.1) is 0 Å². The second-order valence-electron chi connectivity index (χ2n) is 5.24. The molecule has 1 atom stereocenters. The summed E-state index contributed by atoms with van der Waals surface area (Å²) in [6, 6.07) is 2.09. The summed E-state index contributed by atoms with van der Waals surface area (Å²) in [6.07, 6.45) is 2.79. The molecule has 1 unspecified atom stereocenters. The van der Waals surface area contributed by atoms with Crippen LogP contribution in [-0.2, 0) is 11.2 Å². The minimum Gasteiger partial charge on any atom is -0.307 e. The Kier molecular flexibility index (Phi) is 3.94. The van der Waals surface area contributed by atoms with Crippen LogP contribution in [0.3, 0.4) is 0 Å². The Morgan fingerprint density at radius 2 is 2.16 bits per heavy atom. The normalized spacial score (nSPS) is 22.6. The van der Waals surface area contributed by atoms with Gasteiger partial charge in [0.15, 0.2) is 5.84 Å². The SMILES string of the molecule is CCc1cnc(C2=NC(C)(C(C)C)C(=O)N2)c(I)c1. The molecule has 2 heterocycles. The first-order chi connectivity index (χ1) is 8.88. The number of aryl methyl sites for hydroxylation is 1. The number of carbonyl (C=O) groups is 1. The molecule has 2 rings (SSSR count). The van der Waals surface area contributed by atoms with Crippen LogP contribution in [0.2, 0.25) is 0 Å². The number of amidine groups is 1. The van der Waals surface area contributed by atoms with Gasteiger partial charge in [-0.25, -0.2) is 4.99 Å². The fourth-order valence-corrected chi connectivity index (χ4v) is 2.69. The quantitative estimate of drug-likeness (QED) is 0.831. The van der Waals surface area contributed by atoms with Gasteiger partial charge in [-0.05, 0) is 53.5 Å². The van der Waals surface area contributed by atoms with Crippen molar-refractivity contribution in [1.82, 2.24) is 10.3 Å². The van der Waals surface area contributed by atoms with E-state index in [1.807, 2.05) is 27.0 Å². The van der Waals surface area contributed by atoms with Crippen molar-refractivity contribution in [3.8, 4) is 0 Å². The number of halogens is 1. The van der Waals surface area contributed by atoms with Crippen LogP contribution in [0.25, 0.3) is 0 Å². The lowest BCUT2D eigenvalue weighted by Crippen LogP contribution is -2.41. The number of aliphatic imine (C=N–C) groups is 1. The van der Waals surface area contributed by atoms with Crippen LogP contribution in [0.5, 0.6) is 0 Å². The first-order valence-corrected chi connectivity index (χ1v) is 7.52. The molecule has 0 fully saturated rings. The van der Waals surface area contributed by atoms with E-state index in [4.69, 9.17) is 0 Å². The van der Waals surface area contributed by atoms with E-state index in [-0.39, 0.29) is 11.8 Å². The van der Waals surface area contributed by atoms with Gasteiger partial charge in [-0.1, -0.05) is 20.8 Å². The van der Waals surface area contributed by atoms with Gasteiger partial charge >= 0.3 is 0 Å². The summed E-state index contributed by atoms with van der Waals surface area (Å²) < 4.78 is 1.02. The zero-order valence-electron chi connectivity index (χ0n) is 11.6. The van der Waals surface area contributed by atoms with Gasteiger partial charge in [0.2, 0.25) is 0 Å². The summed E-state index contributed by atoms with van der Waals surface area (Å²) in [4.78, 5) is 21.1. The number of hydrogen-bond acceptors (Lipinski definition) is 3. The van der Waals surface area contributed by atoms with Gasteiger partial charge < -0.3 is 5.32 Å². The van der Waals surface area contributed by atoms with Crippen molar-refractivity contribution in [2.45, 2.75) is 39.7 Å². The Morgan fingerprint density at radius 1 is 1.47 bits per heavy atom. The van der Waals surface area contributed by atoms with Crippen molar-refractivity contribution in [3.63, 3.8) is 0 Å². The van der Waals surface area contributed by atoms with E-state index in [9.17, 15) is 4.79 Å². The summed E-state index contributed by atoms with van der Waals surface area (Å²) in [5.41, 5.74) is 1.25. The second-order valence-corrected chi connectivity index (χ2v) is 6.41. The van der Waals surface area contributed by atoms with Crippen molar-refractivity contribution in [3.05, 3.63) is 27.1 Å². The number of pyridine rings is 1. The van der Waals surface area contributed by atoms with Crippen LogP contribution in [0.1, 0.15) is 39.0 Å². The number of carbonyl (C=O) groups excluding carboxylic acids is 1.